The number of benzene rings is 1. The van der Waals surface area contributed by atoms with E-state index < -0.39 is 6.04 Å². The summed E-state index contributed by atoms with van der Waals surface area (Å²) in [6.07, 6.45) is 4.54. The van der Waals surface area contributed by atoms with E-state index in [9.17, 15) is 9.59 Å². The molecule has 0 bridgehead atoms. The van der Waals surface area contributed by atoms with Crippen molar-refractivity contribution < 1.29 is 4.79 Å². The zero-order valence-electron chi connectivity index (χ0n) is 16.7. The molecule has 3 aromatic rings. The normalized spacial score (nSPS) is 17.4. The zero-order chi connectivity index (χ0) is 20.0. The fourth-order valence-electron chi connectivity index (χ4n) is 3.87. The zero-order valence-corrected chi connectivity index (χ0v) is 17.5. The maximum Gasteiger partial charge on any atom is 0.263 e. The molecule has 146 valence electrons. The topological polar surface area (TPSA) is 64.0 Å². The van der Waals surface area contributed by atoms with Crippen LogP contribution in [0.2, 0.25) is 0 Å². The molecule has 5 nitrogen and oxygen atoms in total. The van der Waals surface area contributed by atoms with E-state index in [0.717, 1.165) is 46.5 Å². The number of nitrogens with one attached hydrogen (secondary N) is 1. The van der Waals surface area contributed by atoms with Gasteiger partial charge in [0.1, 0.15) is 10.9 Å². The molecule has 0 saturated heterocycles. The standard InChI is InChI=1S/C22H25N3O2S/c1-12-8-9-16-18(10-12)28-21-19(16)22(27)25(11-23-21)15(4)20(26)24-17-7-5-6-13(2)14(17)3/h5-7,11-12,15H,8-10H2,1-4H3,(H,24,26)/t12-,15+/m1/s1. The largest absolute Gasteiger partial charge is 0.324 e. The molecule has 4 rings (SSSR count). The lowest BCUT2D eigenvalue weighted by Gasteiger charge is -2.18. The summed E-state index contributed by atoms with van der Waals surface area (Å²) in [5, 5.41) is 3.67. The number of hydrogen-bond acceptors (Lipinski definition) is 4. The van der Waals surface area contributed by atoms with Crippen LogP contribution in [0.4, 0.5) is 5.69 Å². The number of aromatic nitrogens is 2. The van der Waals surface area contributed by atoms with Crippen molar-refractivity contribution in [3.05, 3.63) is 56.4 Å². The minimum absolute atomic E-state index is 0.110. The van der Waals surface area contributed by atoms with Gasteiger partial charge in [-0.05, 0) is 68.7 Å². The van der Waals surface area contributed by atoms with Crippen molar-refractivity contribution >= 4 is 33.1 Å². The Morgan fingerprint density at radius 2 is 2.14 bits per heavy atom. The molecule has 1 aromatic carbocycles. The minimum Gasteiger partial charge on any atom is -0.324 e. The first-order valence-electron chi connectivity index (χ1n) is 9.75. The van der Waals surface area contributed by atoms with Gasteiger partial charge in [0.25, 0.3) is 5.56 Å². The molecule has 2 aromatic heterocycles. The monoisotopic (exact) mass is 395 g/mol. The van der Waals surface area contributed by atoms with Gasteiger partial charge in [-0.2, -0.15) is 0 Å². The summed E-state index contributed by atoms with van der Waals surface area (Å²) < 4.78 is 1.47. The van der Waals surface area contributed by atoms with Gasteiger partial charge in [-0.3, -0.25) is 14.2 Å². The number of aryl methyl sites for hydroxylation is 2. The first-order valence-corrected chi connectivity index (χ1v) is 10.6. The summed E-state index contributed by atoms with van der Waals surface area (Å²) in [4.78, 5) is 32.6. The highest BCUT2D eigenvalue weighted by Crippen LogP contribution is 2.35. The molecule has 1 N–H and O–H groups in total. The molecule has 0 fully saturated rings. The summed E-state index contributed by atoms with van der Waals surface area (Å²) in [7, 11) is 0. The number of carbonyl (C=O) groups excluding carboxylic acids is 1. The van der Waals surface area contributed by atoms with Crippen molar-refractivity contribution in [2.45, 2.75) is 53.0 Å². The van der Waals surface area contributed by atoms with Crippen LogP contribution < -0.4 is 10.9 Å². The average Bonchev–Trinajstić information content (AvgIpc) is 3.03. The van der Waals surface area contributed by atoms with Crippen LogP contribution in [0.25, 0.3) is 10.2 Å². The Kier molecular flexibility index (Phi) is 4.83. The molecule has 0 saturated carbocycles. The molecule has 0 aliphatic heterocycles. The van der Waals surface area contributed by atoms with E-state index >= 15 is 0 Å². The van der Waals surface area contributed by atoms with Crippen LogP contribution in [0.15, 0.2) is 29.3 Å². The number of fused-ring (bicyclic) bond motifs is 3. The molecule has 2 heterocycles. The molecule has 1 aliphatic carbocycles. The van der Waals surface area contributed by atoms with Gasteiger partial charge in [0, 0.05) is 10.6 Å². The predicted molar refractivity (Wildman–Crippen MR) is 114 cm³/mol. The Hall–Kier alpha value is -2.47. The summed E-state index contributed by atoms with van der Waals surface area (Å²) in [6.45, 7) is 7.99. The lowest BCUT2D eigenvalue weighted by molar-refractivity contribution is -0.118. The summed E-state index contributed by atoms with van der Waals surface area (Å²) in [6, 6.07) is 5.17. The van der Waals surface area contributed by atoms with Crippen molar-refractivity contribution in [1.82, 2.24) is 9.55 Å². The number of carbonyl (C=O) groups is 1. The Bertz CT molecular complexity index is 1130. The van der Waals surface area contributed by atoms with Crippen LogP contribution in [-0.2, 0) is 17.6 Å². The third-order valence-corrected chi connectivity index (χ3v) is 7.06. The summed E-state index contributed by atoms with van der Waals surface area (Å²) >= 11 is 1.63. The van der Waals surface area contributed by atoms with Gasteiger partial charge in [0.2, 0.25) is 5.91 Å². The third kappa shape index (κ3) is 3.15. The smallest absolute Gasteiger partial charge is 0.263 e. The summed E-state index contributed by atoms with van der Waals surface area (Å²) in [5.74, 6) is 0.430. The average molecular weight is 396 g/mol. The van der Waals surface area contributed by atoms with Crippen molar-refractivity contribution in [3.8, 4) is 0 Å². The SMILES string of the molecule is Cc1cccc(NC(=O)[C@H](C)n2cnc3sc4c(c3c2=O)CC[C@@H](C)C4)c1C. The van der Waals surface area contributed by atoms with Gasteiger partial charge in [0.05, 0.1) is 11.7 Å². The molecular formula is C22H25N3O2S. The highest BCUT2D eigenvalue weighted by Gasteiger charge is 2.25. The van der Waals surface area contributed by atoms with Crippen molar-refractivity contribution in [2.75, 3.05) is 5.32 Å². The molecular weight excluding hydrogens is 370 g/mol. The molecule has 2 atom stereocenters. The second kappa shape index (κ2) is 7.17. The molecule has 28 heavy (non-hydrogen) atoms. The fraction of sp³-hybridized carbons (Fsp3) is 0.409. The second-order valence-corrected chi connectivity index (χ2v) is 8.99. The van der Waals surface area contributed by atoms with Gasteiger partial charge in [-0.15, -0.1) is 11.3 Å². The van der Waals surface area contributed by atoms with Crippen LogP contribution in [0, 0.1) is 19.8 Å². The van der Waals surface area contributed by atoms with E-state index in [2.05, 4.69) is 17.2 Å². The first-order chi connectivity index (χ1) is 13.4. The minimum atomic E-state index is -0.637. The molecule has 1 aliphatic rings. The Labute approximate surface area is 168 Å². The lowest BCUT2D eigenvalue weighted by Crippen LogP contribution is -2.32. The lowest BCUT2D eigenvalue weighted by atomic mass is 9.89. The van der Waals surface area contributed by atoms with Gasteiger partial charge in [0.15, 0.2) is 0 Å². The van der Waals surface area contributed by atoms with Crippen molar-refractivity contribution in [2.24, 2.45) is 5.92 Å². The Balaban J connectivity index is 1.68. The number of nitrogens with zero attached hydrogens (tertiary/aromatic N) is 2. The van der Waals surface area contributed by atoms with Gasteiger partial charge in [-0.1, -0.05) is 19.1 Å². The number of hydrogen-bond donors (Lipinski definition) is 1. The van der Waals surface area contributed by atoms with Gasteiger partial charge in [-0.25, -0.2) is 4.98 Å². The van der Waals surface area contributed by atoms with E-state index in [4.69, 9.17) is 0 Å². The number of rotatable bonds is 3. The quantitative estimate of drug-likeness (QED) is 0.715. The maximum absolute atomic E-state index is 13.2. The number of amides is 1. The summed E-state index contributed by atoms with van der Waals surface area (Å²) in [5.41, 5.74) is 3.96. The van der Waals surface area contributed by atoms with Gasteiger partial charge < -0.3 is 5.32 Å². The van der Waals surface area contributed by atoms with Crippen LogP contribution >= 0.6 is 11.3 Å². The first kappa shape index (κ1) is 18.9. The van der Waals surface area contributed by atoms with Crippen LogP contribution in [0.1, 0.15) is 47.9 Å². The maximum atomic E-state index is 13.2. The fourth-order valence-corrected chi connectivity index (χ4v) is 5.21. The molecule has 0 spiro atoms. The van der Waals surface area contributed by atoms with E-state index in [1.807, 2.05) is 32.0 Å². The highest BCUT2D eigenvalue weighted by molar-refractivity contribution is 7.18. The van der Waals surface area contributed by atoms with Crippen LogP contribution in [0.3, 0.4) is 0 Å². The highest BCUT2D eigenvalue weighted by atomic mass is 32.1. The molecule has 0 unspecified atom stereocenters. The number of thiophene rings is 1. The van der Waals surface area contributed by atoms with E-state index in [1.54, 1.807) is 18.3 Å². The molecule has 0 radical (unpaired) electrons. The van der Waals surface area contributed by atoms with Crippen molar-refractivity contribution in [3.63, 3.8) is 0 Å². The third-order valence-electron chi connectivity index (χ3n) is 5.90. The second-order valence-electron chi connectivity index (χ2n) is 7.90. The predicted octanol–water partition coefficient (Wildman–Crippen LogP) is 4.40. The Morgan fingerprint density at radius 1 is 1.36 bits per heavy atom. The van der Waals surface area contributed by atoms with Crippen LogP contribution in [0.5, 0.6) is 0 Å². The van der Waals surface area contributed by atoms with E-state index in [1.165, 1.54) is 15.8 Å². The number of anilines is 1. The van der Waals surface area contributed by atoms with E-state index in [0.29, 0.717) is 11.3 Å². The molecule has 6 heteroatoms. The van der Waals surface area contributed by atoms with Gasteiger partial charge >= 0.3 is 0 Å². The Morgan fingerprint density at radius 3 is 2.93 bits per heavy atom. The van der Waals surface area contributed by atoms with Crippen molar-refractivity contribution in [1.29, 1.82) is 0 Å². The van der Waals surface area contributed by atoms with Crippen LogP contribution in [-0.4, -0.2) is 15.5 Å². The molecule has 1 amide bonds. The van der Waals surface area contributed by atoms with E-state index in [-0.39, 0.29) is 11.5 Å².